The Morgan fingerprint density at radius 2 is 1.27 bits per heavy atom. The molecule has 0 spiro atoms. The third-order valence-corrected chi connectivity index (χ3v) is 1.51. The maximum Gasteiger partial charge on any atom is 0.104 e. The van der Waals surface area contributed by atoms with Crippen LogP contribution in [0.4, 0.5) is 0 Å². The Bertz CT molecular complexity index is 116. The summed E-state index contributed by atoms with van der Waals surface area (Å²) in [5.74, 6) is 0. The van der Waals surface area contributed by atoms with Crippen LogP contribution in [-0.2, 0) is 14.2 Å². The monoisotopic (exact) mass is 226 g/mol. The maximum atomic E-state index is 7.62. The number of hydrogen-bond acceptors (Lipinski definition) is 7. The van der Waals surface area contributed by atoms with Crippen LogP contribution in [0.2, 0.25) is 0 Å². The minimum absolute atomic E-state index is 0. The van der Waals surface area contributed by atoms with Gasteiger partial charge in [-0.25, -0.2) is 0 Å². The van der Waals surface area contributed by atoms with Crippen molar-refractivity contribution in [3.63, 3.8) is 0 Å². The van der Waals surface area contributed by atoms with Crippen molar-refractivity contribution in [2.24, 2.45) is 0 Å². The number of aliphatic hydroxyl groups excluding tert-OH is 2. The first-order valence-electron chi connectivity index (χ1n) is 4.39. The lowest BCUT2D eigenvalue weighted by molar-refractivity contribution is 0.102. The summed E-state index contributed by atoms with van der Waals surface area (Å²) in [6.45, 7) is 3.01. The van der Waals surface area contributed by atoms with Crippen LogP contribution in [0.5, 0.6) is 0 Å². The zero-order valence-electron chi connectivity index (χ0n) is 8.93. The van der Waals surface area contributed by atoms with Gasteiger partial charge in [0.25, 0.3) is 0 Å². The summed E-state index contributed by atoms with van der Waals surface area (Å²) < 4.78 is 15.1. The van der Waals surface area contributed by atoms with Gasteiger partial charge in [-0.3, -0.25) is 0 Å². The lowest BCUT2D eigenvalue weighted by Gasteiger charge is -1.95. The summed E-state index contributed by atoms with van der Waals surface area (Å²) in [4.78, 5) is 0. The van der Waals surface area contributed by atoms with E-state index in [0.29, 0.717) is 12.2 Å². The first-order valence-corrected chi connectivity index (χ1v) is 4.39. The topological polar surface area (TPSA) is 145 Å². The van der Waals surface area contributed by atoms with Crippen molar-refractivity contribution < 1.29 is 24.4 Å². The zero-order valence-corrected chi connectivity index (χ0v) is 8.93. The molecular weight excluding hydrogens is 204 g/mol. The van der Waals surface area contributed by atoms with Crippen molar-refractivity contribution in [2.45, 2.75) is 12.2 Å². The molecule has 0 bridgehead atoms. The smallest absolute Gasteiger partial charge is 0.104 e. The van der Waals surface area contributed by atoms with Gasteiger partial charge in [-0.05, 0) is 0 Å². The van der Waals surface area contributed by atoms with Crippen molar-refractivity contribution in [1.29, 1.82) is 0 Å². The van der Waals surface area contributed by atoms with Gasteiger partial charge in [-0.15, -0.1) is 0 Å². The van der Waals surface area contributed by atoms with E-state index in [0.717, 1.165) is 26.4 Å². The first-order chi connectivity index (χ1) is 6.36. The lowest BCUT2D eigenvalue weighted by Crippen LogP contribution is -2.06. The molecule has 2 unspecified atom stereocenters. The first kappa shape index (κ1) is 17.1. The van der Waals surface area contributed by atoms with Crippen molar-refractivity contribution in [3.8, 4) is 0 Å². The van der Waals surface area contributed by atoms with E-state index in [4.69, 9.17) is 24.4 Å². The molecule has 0 aromatic rings. The number of rotatable bonds is 5. The van der Waals surface area contributed by atoms with Crippen LogP contribution in [0.15, 0.2) is 0 Å². The van der Waals surface area contributed by atoms with E-state index in [1.807, 2.05) is 0 Å². The van der Waals surface area contributed by atoms with E-state index in [-0.39, 0.29) is 25.5 Å². The Morgan fingerprint density at radius 1 is 0.933 bits per heavy atom. The predicted molar refractivity (Wildman–Crippen MR) is 54.5 cm³/mol. The second kappa shape index (κ2) is 10.2. The van der Waals surface area contributed by atoms with E-state index in [1.165, 1.54) is 0 Å². The third-order valence-electron chi connectivity index (χ3n) is 1.51. The molecule has 0 aliphatic carbocycles. The van der Waals surface area contributed by atoms with Crippen molar-refractivity contribution in [2.75, 3.05) is 39.6 Å². The highest BCUT2D eigenvalue weighted by Crippen LogP contribution is 2.12. The van der Waals surface area contributed by atoms with Crippen LogP contribution < -0.4 is 12.3 Å². The average Bonchev–Trinajstić information content (AvgIpc) is 2.98. The summed E-state index contributed by atoms with van der Waals surface area (Å²) in [6, 6.07) is 0. The molecule has 7 heteroatoms. The van der Waals surface area contributed by atoms with Gasteiger partial charge in [0.05, 0.1) is 39.6 Å². The van der Waals surface area contributed by atoms with Crippen LogP contribution in [0.1, 0.15) is 0 Å². The highest BCUT2D eigenvalue weighted by atomic mass is 16.6. The fraction of sp³-hybridized carbons (Fsp3) is 1.00. The molecule has 2 rings (SSSR count). The zero-order chi connectivity index (χ0) is 9.52. The molecule has 7 nitrogen and oxygen atoms in total. The molecule has 2 atom stereocenters. The molecule has 0 aromatic heterocycles. The van der Waals surface area contributed by atoms with E-state index in [1.54, 1.807) is 0 Å². The number of hydrogen-bond donors (Lipinski definition) is 4. The highest BCUT2D eigenvalue weighted by molar-refractivity contribution is 4.71. The Kier molecular flexibility index (Phi) is 11.7. The molecule has 2 aliphatic heterocycles. The SMILES string of the molecule is C(OCC1CO1)C1CO1.N.N.OCCO. The van der Waals surface area contributed by atoms with Crippen molar-refractivity contribution in [1.82, 2.24) is 12.3 Å². The molecule has 2 fully saturated rings. The summed E-state index contributed by atoms with van der Waals surface area (Å²) in [5.41, 5.74) is 0. The summed E-state index contributed by atoms with van der Waals surface area (Å²) in [6.07, 6.45) is 0.785. The molecule has 2 aliphatic rings. The van der Waals surface area contributed by atoms with Gasteiger partial charge in [0.15, 0.2) is 0 Å². The summed E-state index contributed by atoms with van der Waals surface area (Å²) >= 11 is 0. The minimum atomic E-state index is -0.125. The Labute approximate surface area is 89.5 Å². The second-order valence-electron chi connectivity index (χ2n) is 2.90. The van der Waals surface area contributed by atoms with Crippen LogP contribution in [0, 0.1) is 0 Å². The van der Waals surface area contributed by atoms with Gasteiger partial charge < -0.3 is 36.7 Å². The highest BCUT2D eigenvalue weighted by Gasteiger charge is 2.26. The summed E-state index contributed by atoms with van der Waals surface area (Å²) in [7, 11) is 0. The van der Waals surface area contributed by atoms with Gasteiger partial charge in [0.1, 0.15) is 12.2 Å². The Hall–Kier alpha value is -0.280. The van der Waals surface area contributed by atoms with Crippen LogP contribution >= 0.6 is 0 Å². The number of epoxide rings is 2. The molecule has 0 saturated carbocycles. The van der Waals surface area contributed by atoms with Crippen LogP contribution in [-0.4, -0.2) is 62.1 Å². The Morgan fingerprint density at radius 3 is 1.47 bits per heavy atom. The molecule has 0 aromatic carbocycles. The molecule has 94 valence electrons. The van der Waals surface area contributed by atoms with Crippen molar-refractivity contribution in [3.05, 3.63) is 0 Å². The maximum absolute atomic E-state index is 7.62. The molecular formula is C8H22N2O5. The normalized spacial score (nSPS) is 25.2. The van der Waals surface area contributed by atoms with Crippen LogP contribution in [0.25, 0.3) is 0 Å². The minimum Gasteiger partial charge on any atom is -0.394 e. The van der Waals surface area contributed by atoms with Gasteiger partial charge in [0.2, 0.25) is 0 Å². The van der Waals surface area contributed by atoms with Crippen LogP contribution in [0.3, 0.4) is 0 Å². The number of aliphatic hydroxyl groups is 2. The molecule has 2 saturated heterocycles. The van der Waals surface area contributed by atoms with Gasteiger partial charge in [-0.2, -0.15) is 0 Å². The third kappa shape index (κ3) is 11.6. The van der Waals surface area contributed by atoms with Gasteiger partial charge in [-0.1, -0.05) is 0 Å². The fourth-order valence-corrected chi connectivity index (χ4v) is 0.659. The van der Waals surface area contributed by atoms with E-state index in [9.17, 15) is 0 Å². The molecule has 8 N–H and O–H groups in total. The van der Waals surface area contributed by atoms with Crippen molar-refractivity contribution >= 4 is 0 Å². The quantitative estimate of drug-likeness (QED) is 0.444. The molecule has 0 radical (unpaired) electrons. The molecule has 0 amide bonds. The van der Waals surface area contributed by atoms with E-state index >= 15 is 0 Å². The van der Waals surface area contributed by atoms with Gasteiger partial charge in [0, 0.05) is 0 Å². The second-order valence-corrected chi connectivity index (χ2v) is 2.90. The molecule has 2 heterocycles. The largest absolute Gasteiger partial charge is 0.394 e. The fourth-order valence-electron chi connectivity index (χ4n) is 0.659. The standard InChI is InChI=1S/C6H10O3.C2H6O2.2H3N/c1(5-3-8-5)7-2-6-4-9-6;3-1-2-4;;/h5-6H,1-4H2;3-4H,1-2H2;2*1H3. The predicted octanol–water partition coefficient (Wildman–Crippen LogP) is -0.904. The lowest BCUT2D eigenvalue weighted by atomic mass is 10.5. The summed E-state index contributed by atoms with van der Waals surface area (Å²) in [5, 5.41) is 15.2. The Balaban J connectivity index is 0. The number of ether oxygens (including phenoxy) is 3. The van der Waals surface area contributed by atoms with E-state index in [2.05, 4.69) is 0 Å². The molecule has 15 heavy (non-hydrogen) atoms. The van der Waals surface area contributed by atoms with E-state index < -0.39 is 0 Å². The van der Waals surface area contributed by atoms with Gasteiger partial charge >= 0.3 is 0 Å². The average molecular weight is 226 g/mol.